The Morgan fingerprint density at radius 2 is 2.18 bits per heavy atom. The summed E-state index contributed by atoms with van der Waals surface area (Å²) in [6.07, 6.45) is 4.84. The molecule has 1 heterocycles. The van der Waals surface area contributed by atoms with Crippen molar-refractivity contribution in [1.29, 1.82) is 0 Å². The van der Waals surface area contributed by atoms with Crippen molar-refractivity contribution in [2.24, 2.45) is 5.92 Å². The lowest BCUT2D eigenvalue weighted by atomic mass is 9.85. The number of nitrogens with zero attached hydrogens (tertiary/aromatic N) is 1. The molecule has 0 spiro atoms. The number of hydrogen-bond donors (Lipinski definition) is 1. The summed E-state index contributed by atoms with van der Waals surface area (Å²) in [4.78, 5) is 11.1. The molecule has 3 heteroatoms. The SMILES string of the molecule is Nc1ccc2c(c1)cc(C=O)n2CC1CCC1. The second kappa shape index (κ2) is 3.91. The molecule has 0 amide bonds. The van der Waals surface area contributed by atoms with E-state index in [1.165, 1.54) is 19.3 Å². The first kappa shape index (κ1) is 10.4. The van der Waals surface area contributed by atoms with Gasteiger partial charge < -0.3 is 10.3 Å². The molecule has 1 saturated carbocycles. The number of nitrogen functional groups attached to an aromatic ring is 1. The molecule has 1 aliphatic carbocycles. The molecule has 1 aliphatic rings. The van der Waals surface area contributed by atoms with Gasteiger partial charge in [-0.25, -0.2) is 0 Å². The van der Waals surface area contributed by atoms with Crippen molar-refractivity contribution in [3.8, 4) is 0 Å². The number of carbonyl (C=O) groups is 1. The number of benzene rings is 1. The number of carbonyl (C=O) groups excluding carboxylic acids is 1. The molecule has 17 heavy (non-hydrogen) atoms. The molecule has 1 aromatic carbocycles. The molecule has 0 atom stereocenters. The van der Waals surface area contributed by atoms with Gasteiger partial charge in [-0.15, -0.1) is 0 Å². The van der Waals surface area contributed by atoms with E-state index in [4.69, 9.17) is 5.73 Å². The Hall–Kier alpha value is -1.77. The first-order valence-corrected chi connectivity index (χ1v) is 6.12. The first-order chi connectivity index (χ1) is 8.28. The van der Waals surface area contributed by atoms with Crippen LogP contribution in [-0.4, -0.2) is 10.9 Å². The second-order valence-electron chi connectivity index (χ2n) is 4.91. The van der Waals surface area contributed by atoms with Gasteiger partial charge in [0.1, 0.15) is 0 Å². The molecular weight excluding hydrogens is 212 g/mol. The Bertz CT molecular complexity index is 567. The molecule has 88 valence electrons. The van der Waals surface area contributed by atoms with Gasteiger partial charge in [0.2, 0.25) is 0 Å². The van der Waals surface area contributed by atoms with Crippen molar-refractivity contribution < 1.29 is 4.79 Å². The van der Waals surface area contributed by atoms with E-state index in [1.807, 2.05) is 24.3 Å². The summed E-state index contributed by atoms with van der Waals surface area (Å²) in [6.45, 7) is 0.960. The second-order valence-corrected chi connectivity index (χ2v) is 4.91. The molecule has 0 bridgehead atoms. The maximum Gasteiger partial charge on any atom is 0.166 e. The number of anilines is 1. The summed E-state index contributed by atoms with van der Waals surface area (Å²) >= 11 is 0. The Morgan fingerprint density at radius 3 is 2.82 bits per heavy atom. The highest BCUT2D eigenvalue weighted by Crippen LogP contribution is 2.30. The Balaban J connectivity index is 2.08. The van der Waals surface area contributed by atoms with Crippen LogP contribution in [0.25, 0.3) is 10.9 Å². The minimum absolute atomic E-state index is 0.738. The van der Waals surface area contributed by atoms with Crippen LogP contribution < -0.4 is 5.73 Å². The van der Waals surface area contributed by atoms with E-state index >= 15 is 0 Å². The van der Waals surface area contributed by atoms with Crippen molar-refractivity contribution in [2.75, 3.05) is 5.73 Å². The summed E-state index contributed by atoms with van der Waals surface area (Å²) < 4.78 is 2.13. The highest BCUT2D eigenvalue weighted by Gasteiger charge is 2.20. The zero-order chi connectivity index (χ0) is 11.8. The van der Waals surface area contributed by atoms with E-state index in [0.717, 1.165) is 41.0 Å². The number of nitrogens with two attached hydrogens (primary N) is 1. The average Bonchev–Trinajstić information content (AvgIpc) is 2.60. The van der Waals surface area contributed by atoms with Crippen LogP contribution in [0.15, 0.2) is 24.3 Å². The fourth-order valence-electron chi connectivity index (χ4n) is 2.55. The summed E-state index contributed by atoms with van der Waals surface area (Å²) in [6, 6.07) is 7.77. The van der Waals surface area contributed by atoms with E-state index in [-0.39, 0.29) is 0 Å². The van der Waals surface area contributed by atoms with Gasteiger partial charge in [-0.05, 0) is 43.0 Å². The van der Waals surface area contributed by atoms with E-state index in [9.17, 15) is 4.79 Å². The van der Waals surface area contributed by atoms with Gasteiger partial charge in [0, 0.05) is 23.1 Å². The van der Waals surface area contributed by atoms with Crippen LogP contribution in [0.5, 0.6) is 0 Å². The topological polar surface area (TPSA) is 48.0 Å². The summed E-state index contributed by atoms with van der Waals surface area (Å²) in [5.41, 5.74) is 8.39. The van der Waals surface area contributed by atoms with Crippen LogP contribution in [0.2, 0.25) is 0 Å². The standard InChI is InChI=1S/C14H16N2O/c15-12-4-5-14-11(6-12)7-13(9-17)16(14)8-10-2-1-3-10/h4-7,9-10H,1-3,8,15H2. The van der Waals surface area contributed by atoms with Crippen molar-refractivity contribution >= 4 is 22.9 Å². The van der Waals surface area contributed by atoms with E-state index in [2.05, 4.69) is 4.57 Å². The van der Waals surface area contributed by atoms with Crippen LogP contribution in [0.4, 0.5) is 5.69 Å². The third-order valence-corrected chi connectivity index (χ3v) is 3.74. The van der Waals surface area contributed by atoms with Crippen LogP contribution in [-0.2, 0) is 6.54 Å². The van der Waals surface area contributed by atoms with Crippen LogP contribution in [0, 0.1) is 5.92 Å². The molecule has 0 saturated heterocycles. The Labute approximate surface area is 100 Å². The molecule has 0 unspecified atom stereocenters. The van der Waals surface area contributed by atoms with E-state index in [1.54, 1.807) is 0 Å². The minimum Gasteiger partial charge on any atom is -0.399 e. The normalized spacial score (nSPS) is 16.0. The predicted octanol–water partition coefficient (Wildman–Crippen LogP) is 2.84. The number of aromatic nitrogens is 1. The zero-order valence-electron chi connectivity index (χ0n) is 9.73. The maximum absolute atomic E-state index is 11.1. The summed E-state index contributed by atoms with van der Waals surface area (Å²) in [7, 11) is 0. The lowest BCUT2D eigenvalue weighted by molar-refractivity contribution is 0.111. The molecule has 3 nitrogen and oxygen atoms in total. The van der Waals surface area contributed by atoms with Gasteiger partial charge in [0.05, 0.1) is 5.69 Å². The highest BCUT2D eigenvalue weighted by molar-refractivity contribution is 5.90. The smallest absolute Gasteiger partial charge is 0.166 e. The fraction of sp³-hybridized carbons (Fsp3) is 0.357. The Morgan fingerprint density at radius 1 is 1.35 bits per heavy atom. The highest BCUT2D eigenvalue weighted by atomic mass is 16.1. The molecule has 2 N–H and O–H groups in total. The van der Waals surface area contributed by atoms with Crippen molar-refractivity contribution in [2.45, 2.75) is 25.8 Å². The largest absolute Gasteiger partial charge is 0.399 e. The van der Waals surface area contributed by atoms with Gasteiger partial charge in [0.25, 0.3) is 0 Å². The van der Waals surface area contributed by atoms with Gasteiger partial charge in [-0.3, -0.25) is 4.79 Å². The molecular formula is C14H16N2O. The van der Waals surface area contributed by atoms with Crippen LogP contribution in [0.3, 0.4) is 0 Å². The molecule has 1 aromatic heterocycles. The fourth-order valence-corrected chi connectivity index (χ4v) is 2.55. The van der Waals surface area contributed by atoms with Gasteiger partial charge >= 0.3 is 0 Å². The number of fused-ring (bicyclic) bond motifs is 1. The Kier molecular flexibility index (Phi) is 2.39. The lowest BCUT2D eigenvalue weighted by Crippen LogP contribution is -2.19. The van der Waals surface area contributed by atoms with E-state index < -0.39 is 0 Å². The molecule has 2 aromatic rings. The number of rotatable bonds is 3. The maximum atomic E-state index is 11.1. The van der Waals surface area contributed by atoms with E-state index in [0.29, 0.717) is 0 Å². The average molecular weight is 228 g/mol. The molecule has 3 rings (SSSR count). The molecule has 0 radical (unpaired) electrons. The van der Waals surface area contributed by atoms with Gasteiger partial charge in [0.15, 0.2) is 6.29 Å². The monoisotopic (exact) mass is 228 g/mol. The van der Waals surface area contributed by atoms with Gasteiger partial charge in [-0.2, -0.15) is 0 Å². The third-order valence-electron chi connectivity index (χ3n) is 3.74. The number of hydrogen-bond acceptors (Lipinski definition) is 2. The minimum atomic E-state index is 0.738. The molecule has 0 aliphatic heterocycles. The molecule has 1 fully saturated rings. The zero-order valence-corrected chi connectivity index (χ0v) is 9.73. The van der Waals surface area contributed by atoms with Gasteiger partial charge in [-0.1, -0.05) is 6.42 Å². The van der Waals surface area contributed by atoms with Crippen molar-refractivity contribution in [1.82, 2.24) is 4.57 Å². The predicted molar refractivity (Wildman–Crippen MR) is 69.1 cm³/mol. The first-order valence-electron chi connectivity index (χ1n) is 6.12. The quantitative estimate of drug-likeness (QED) is 0.648. The van der Waals surface area contributed by atoms with Crippen molar-refractivity contribution in [3.63, 3.8) is 0 Å². The number of aldehydes is 1. The van der Waals surface area contributed by atoms with Crippen LogP contribution >= 0.6 is 0 Å². The van der Waals surface area contributed by atoms with Crippen LogP contribution in [0.1, 0.15) is 29.8 Å². The third kappa shape index (κ3) is 1.71. The van der Waals surface area contributed by atoms with Crippen molar-refractivity contribution in [3.05, 3.63) is 30.0 Å². The summed E-state index contributed by atoms with van der Waals surface area (Å²) in [5.74, 6) is 0.738. The lowest BCUT2D eigenvalue weighted by Gasteiger charge is -2.26. The summed E-state index contributed by atoms with van der Waals surface area (Å²) in [5, 5.41) is 1.06.